The van der Waals surface area contributed by atoms with Gasteiger partial charge in [-0.25, -0.2) is 0 Å². The molecule has 0 radical (unpaired) electrons. The fourth-order valence-corrected chi connectivity index (χ4v) is 1.51. The van der Waals surface area contributed by atoms with E-state index in [4.69, 9.17) is 5.11 Å². The van der Waals surface area contributed by atoms with Gasteiger partial charge >= 0.3 is 0 Å². The van der Waals surface area contributed by atoms with Crippen LogP contribution in [-0.2, 0) is 0 Å². The molecule has 1 aliphatic heterocycles. The highest BCUT2D eigenvalue weighted by molar-refractivity contribution is 4.72. The summed E-state index contributed by atoms with van der Waals surface area (Å²) in [6, 6.07) is 0. The number of nitrogens with one attached hydrogen (secondary N) is 1. The van der Waals surface area contributed by atoms with Crippen LogP contribution < -0.4 is 5.32 Å². The molecule has 2 N–H and O–H groups in total. The van der Waals surface area contributed by atoms with Crippen molar-refractivity contribution in [2.75, 3.05) is 19.7 Å². The van der Waals surface area contributed by atoms with Crippen molar-refractivity contribution in [3.63, 3.8) is 0 Å². The van der Waals surface area contributed by atoms with Gasteiger partial charge in [-0.2, -0.15) is 0 Å². The number of hydrogen-bond acceptors (Lipinski definition) is 2. The molecule has 2 nitrogen and oxygen atoms in total. The Labute approximate surface area is 62.6 Å². The summed E-state index contributed by atoms with van der Waals surface area (Å²) in [5.74, 6) is 1.19. The Hall–Kier alpha value is -0.0800. The van der Waals surface area contributed by atoms with Gasteiger partial charge in [-0.1, -0.05) is 6.92 Å². The summed E-state index contributed by atoms with van der Waals surface area (Å²) >= 11 is 0. The summed E-state index contributed by atoms with van der Waals surface area (Å²) in [6.07, 6.45) is 2.56. The van der Waals surface area contributed by atoms with Gasteiger partial charge in [-0.05, 0) is 37.8 Å². The number of aliphatic hydroxyl groups excluding tert-OH is 1. The summed E-state index contributed by atoms with van der Waals surface area (Å²) in [5, 5.41) is 12.2. The lowest BCUT2D eigenvalue weighted by molar-refractivity contribution is 0.168. The smallest absolute Gasteiger partial charge is 0.0459 e. The zero-order valence-electron chi connectivity index (χ0n) is 6.64. The summed E-state index contributed by atoms with van der Waals surface area (Å²) in [7, 11) is 0. The van der Waals surface area contributed by atoms with Gasteiger partial charge < -0.3 is 10.4 Å². The molecule has 1 aliphatic rings. The van der Waals surface area contributed by atoms with Crippen LogP contribution in [0.3, 0.4) is 0 Å². The van der Waals surface area contributed by atoms with Crippen LogP contribution in [0.1, 0.15) is 19.8 Å². The van der Waals surface area contributed by atoms with Gasteiger partial charge in [0.1, 0.15) is 0 Å². The minimum absolute atomic E-state index is 0.340. The van der Waals surface area contributed by atoms with E-state index in [1.54, 1.807) is 0 Å². The predicted molar refractivity (Wildman–Crippen MR) is 41.8 cm³/mol. The number of rotatable bonds is 2. The van der Waals surface area contributed by atoms with Crippen LogP contribution in [0, 0.1) is 11.8 Å². The van der Waals surface area contributed by atoms with Gasteiger partial charge in [0.25, 0.3) is 0 Å². The molecular weight excluding hydrogens is 126 g/mol. The van der Waals surface area contributed by atoms with Crippen LogP contribution in [-0.4, -0.2) is 24.8 Å². The average molecular weight is 143 g/mol. The largest absolute Gasteiger partial charge is 0.396 e. The standard InChI is InChI=1S/C8H17NO/c1-7(6-10)8-3-2-4-9-5-8/h7-10H,2-6H2,1H3. The minimum atomic E-state index is 0.340. The first-order chi connectivity index (χ1) is 4.84. The van der Waals surface area contributed by atoms with E-state index in [1.165, 1.54) is 12.8 Å². The monoisotopic (exact) mass is 143 g/mol. The molecule has 1 saturated heterocycles. The molecular formula is C8H17NO. The molecule has 10 heavy (non-hydrogen) atoms. The Morgan fingerprint density at radius 3 is 3.00 bits per heavy atom. The third-order valence-corrected chi connectivity index (χ3v) is 2.43. The Morgan fingerprint density at radius 2 is 2.50 bits per heavy atom. The lowest BCUT2D eigenvalue weighted by Crippen LogP contribution is -2.34. The second-order valence-electron chi connectivity index (χ2n) is 3.27. The maximum atomic E-state index is 8.86. The third-order valence-electron chi connectivity index (χ3n) is 2.43. The lowest BCUT2D eigenvalue weighted by atomic mass is 9.88. The van der Waals surface area contributed by atoms with Crippen molar-refractivity contribution in [3.05, 3.63) is 0 Å². The van der Waals surface area contributed by atoms with Crippen molar-refractivity contribution in [1.29, 1.82) is 0 Å². The third kappa shape index (κ3) is 1.96. The van der Waals surface area contributed by atoms with Crippen molar-refractivity contribution in [2.24, 2.45) is 11.8 Å². The SMILES string of the molecule is CC(CO)C1CCCNC1. The van der Waals surface area contributed by atoms with E-state index >= 15 is 0 Å². The summed E-state index contributed by atoms with van der Waals surface area (Å²) < 4.78 is 0. The van der Waals surface area contributed by atoms with Gasteiger partial charge in [0, 0.05) is 6.61 Å². The first-order valence-corrected chi connectivity index (χ1v) is 4.16. The van der Waals surface area contributed by atoms with Crippen molar-refractivity contribution in [3.8, 4) is 0 Å². The lowest BCUT2D eigenvalue weighted by Gasteiger charge is -2.26. The van der Waals surface area contributed by atoms with E-state index in [2.05, 4.69) is 12.2 Å². The highest BCUT2D eigenvalue weighted by Gasteiger charge is 2.18. The van der Waals surface area contributed by atoms with Gasteiger partial charge in [0.15, 0.2) is 0 Å². The van der Waals surface area contributed by atoms with Crippen molar-refractivity contribution < 1.29 is 5.11 Å². The fourth-order valence-electron chi connectivity index (χ4n) is 1.51. The molecule has 2 unspecified atom stereocenters. The molecule has 0 spiro atoms. The zero-order valence-corrected chi connectivity index (χ0v) is 6.64. The maximum Gasteiger partial charge on any atom is 0.0459 e. The van der Waals surface area contributed by atoms with Crippen LogP contribution in [0.15, 0.2) is 0 Å². The Balaban J connectivity index is 2.24. The summed E-state index contributed by atoms with van der Waals surface area (Å²) in [6.45, 7) is 4.72. The Kier molecular flexibility index (Phi) is 3.16. The molecule has 0 saturated carbocycles. The molecule has 0 amide bonds. The molecule has 0 aromatic carbocycles. The van der Waals surface area contributed by atoms with E-state index in [1.807, 2.05) is 0 Å². The van der Waals surface area contributed by atoms with Gasteiger partial charge in [-0.3, -0.25) is 0 Å². The molecule has 0 aromatic heterocycles. The first kappa shape index (κ1) is 8.02. The van der Waals surface area contributed by atoms with E-state index in [9.17, 15) is 0 Å². The van der Waals surface area contributed by atoms with E-state index in [0.29, 0.717) is 18.4 Å². The molecule has 2 atom stereocenters. The molecule has 0 aliphatic carbocycles. The summed E-state index contributed by atoms with van der Waals surface area (Å²) in [4.78, 5) is 0. The maximum absolute atomic E-state index is 8.86. The number of hydrogen-bond donors (Lipinski definition) is 2. The fraction of sp³-hybridized carbons (Fsp3) is 1.00. The molecule has 1 fully saturated rings. The molecule has 1 heterocycles. The second kappa shape index (κ2) is 3.94. The number of piperidine rings is 1. The van der Waals surface area contributed by atoms with Gasteiger partial charge in [0.2, 0.25) is 0 Å². The molecule has 60 valence electrons. The van der Waals surface area contributed by atoms with Gasteiger partial charge in [0.05, 0.1) is 0 Å². The minimum Gasteiger partial charge on any atom is -0.396 e. The van der Waals surface area contributed by atoms with Gasteiger partial charge in [-0.15, -0.1) is 0 Å². The highest BCUT2D eigenvalue weighted by atomic mass is 16.3. The molecule has 0 aromatic rings. The van der Waals surface area contributed by atoms with Crippen molar-refractivity contribution >= 4 is 0 Å². The van der Waals surface area contributed by atoms with Crippen LogP contribution in [0.5, 0.6) is 0 Å². The van der Waals surface area contributed by atoms with Crippen LogP contribution in [0.2, 0.25) is 0 Å². The van der Waals surface area contributed by atoms with Crippen molar-refractivity contribution in [1.82, 2.24) is 5.32 Å². The predicted octanol–water partition coefficient (Wildman–Crippen LogP) is 0.614. The Morgan fingerprint density at radius 1 is 1.70 bits per heavy atom. The second-order valence-corrected chi connectivity index (χ2v) is 3.27. The normalized spacial score (nSPS) is 30.0. The van der Waals surface area contributed by atoms with Crippen LogP contribution >= 0.6 is 0 Å². The zero-order chi connectivity index (χ0) is 7.40. The first-order valence-electron chi connectivity index (χ1n) is 4.16. The topological polar surface area (TPSA) is 32.3 Å². The summed E-state index contributed by atoms with van der Waals surface area (Å²) in [5.41, 5.74) is 0. The Bertz CT molecular complexity index is 89.3. The molecule has 0 bridgehead atoms. The molecule has 1 rings (SSSR count). The quantitative estimate of drug-likeness (QED) is 0.593. The van der Waals surface area contributed by atoms with Crippen molar-refractivity contribution in [2.45, 2.75) is 19.8 Å². The average Bonchev–Trinajstić information content (AvgIpc) is 2.05. The van der Waals surface area contributed by atoms with Crippen LogP contribution in [0.4, 0.5) is 0 Å². The number of aliphatic hydroxyl groups is 1. The van der Waals surface area contributed by atoms with E-state index in [-0.39, 0.29) is 0 Å². The highest BCUT2D eigenvalue weighted by Crippen LogP contribution is 2.18. The van der Waals surface area contributed by atoms with E-state index in [0.717, 1.165) is 13.1 Å². The molecule has 2 heteroatoms. The van der Waals surface area contributed by atoms with Crippen LogP contribution in [0.25, 0.3) is 0 Å². The van der Waals surface area contributed by atoms with E-state index < -0.39 is 0 Å².